The van der Waals surface area contributed by atoms with E-state index >= 15 is 0 Å². The van der Waals surface area contributed by atoms with Crippen molar-refractivity contribution >= 4 is 17.4 Å². The molecule has 0 saturated carbocycles. The largest absolute Gasteiger partial charge is 0.370 e. The molecule has 0 fully saturated rings. The number of nitrogens with one attached hydrogen (secondary N) is 2. The molecule has 21 heavy (non-hydrogen) atoms. The summed E-state index contributed by atoms with van der Waals surface area (Å²) in [5.74, 6) is -0.00545. The predicted molar refractivity (Wildman–Crippen MR) is 80.6 cm³/mol. The lowest BCUT2D eigenvalue weighted by atomic mass is 10.2. The van der Waals surface area contributed by atoms with E-state index in [2.05, 4.69) is 15.6 Å². The van der Waals surface area contributed by atoms with Crippen LogP contribution in [0.25, 0.3) is 0 Å². The van der Waals surface area contributed by atoms with E-state index in [1.54, 1.807) is 0 Å². The first kappa shape index (κ1) is 16.8. The molecule has 0 aliphatic rings. The highest BCUT2D eigenvalue weighted by Gasteiger charge is 2.17. The van der Waals surface area contributed by atoms with Crippen LogP contribution in [-0.4, -0.2) is 54.4 Å². The molecule has 0 spiro atoms. The lowest BCUT2D eigenvalue weighted by Gasteiger charge is -2.11. The van der Waals surface area contributed by atoms with Gasteiger partial charge in [0.05, 0.1) is 10.5 Å². The van der Waals surface area contributed by atoms with Crippen molar-refractivity contribution in [1.82, 2.24) is 15.2 Å². The Balaban J connectivity index is 2.79. The van der Waals surface area contributed by atoms with Crippen LogP contribution in [0.15, 0.2) is 12.3 Å². The van der Waals surface area contributed by atoms with Crippen LogP contribution in [0, 0.1) is 10.1 Å². The number of pyridine rings is 1. The van der Waals surface area contributed by atoms with Gasteiger partial charge in [0.1, 0.15) is 12.0 Å². The highest BCUT2D eigenvalue weighted by atomic mass is 16.6. The van der Waals surface area contributed by atoms with Gasteiger partial charge in [-0.05, 0) is 34.0 Å². The number of carbonyl (C=O) groups is 1. The van der Waals surface area contributed by atoms with Gasteiger partial charge >= 0.3 is 0 Å². The van der Waals surface area contributed by atoms with E-state index < -0.39 is 4.92 Å². The van der Waals surface area contributed by atoms with Crippen LogP contribution in [0.1, 0.15) is 23.7 Å². The second-order valence-electron chi connectivity index (χ2n) is 4.79. The highest BCUT2D eigenvalue weighted by Crippen LogP contribution is 2.18. The molecule has 8 heteroatoms. The van der Waals surface area contributed by atoms with Gasteiger partial charge in [0.15, 0.2) is 0 Å². The number of nitrogens with zero attached hydrogens (tertiary/aromatic N) is 3. The topological polar surface area (TPSA) is 100 Å². The van der Waals surface area contributed by atoms with Gasteiger partial charge in [-0.2, -0.15) is 0 Å². The van der Waals surface area contributed by atoms with Gasteiger partial charge in [-0.1, -0.05) is 0 Å². The van der Waals surface area contributed by atoms with Crippen LogP contribution in [-0.2, 0) is 0 Å². The zero-order chi connectivity index (χ0) is 15.8. The van der Waals surface area contributed by atoms with Crippen molar-refractivity contribution < 1.29 is 9.72 Å². The Kier molecular flexibility index (Phi) is 6.54. The second-order valence-corrected chi connectivity index (χ2v) is 4.79. The van der Waals surface area contributed by atoms with E-state index in [1.165, 1.54) is 6.07 Å². The molecule has 0 aromatic carbocycles. The summed E-state index contributed by atoms with van der Waals surface area (Å²) < 4.78 is 0. The normalized spacial score (nSPS) is 10.5. The fourth-order valence-electron chi connectivity index (χ4n) is 1.73. The number of rotatable bonds is 8. The van der Waals surface area contributed by atoms with Crippen molar-refractivity contribution in [2.75, 3.05) is 39.0 Å². The van der Waals surface area contributed by atoms with Crippen LogP contribution in [0.4, 0.5) is 11.5 Å². The van der Waals surface area contributed by atoms with E-state index in [0.29, 0.717) is 18.9 Å². The maximum absolute atomic E-state index is 12.1. The fraction of sp³-hybridized carbons (Fsp3) is 0.538. The number of aromatic nitrogens is 1. The molecule has 8 nitrogen and oxygen atoms in total. The van der Waals surface area contributed by atoms with Gasteiger partial charge in [-0.25, -0.2) is 4.98 Å². The Labute approximate surface area is 123 Å². The quantitative estimate of drug-likeness (QED) is 0.423. The molecule has 1 aromatic heterocycles. The van der Waals surface area contributed by atoms with E-state index in [0.717, 1.165) is 19.2 Å². The highest BCUT2D eigenvalue weighted by molar-refractivity contribution is 5.99. The molecule has 0 aliphatic carbocycles. The maximum atomic E-state index is 12.1. The Morgan fingerprint density at radius 2 is 2.19 bits per heavy atom. The first-order valence-corrected chi connectivity index (χ1v) is 6.77. The monoisotopic (exact) mass is 295 g/mol. The zero-order valence-corrected chi connectivity index (χ0v) is 12.5. The maximum Gasteiger partial charge on any atom is 0.288 e. The standard InChI is InChI=1S/C13H21N5O3/c1-4-14-12-11(8-10(9-16-12)18(20)21)13(19)15-6-5-7-17(2)3/h8-9H,4-7H2,1-3H3,(H,14,16)(H,15,19). The average Bonchev–Trinajstić information content (AvgIpc) is 2.43. The van der Waals surface area contributed by atoms with Gasteiger partial charge in [0, 0.05) is 19.2 Å². The van der Waals surface area contributed by atoms with Gasteiger partial charge in [0.25, 0.3) is 11.6 Å². The SMILES string of the molecule is CCNc1ncc([N+](=O)[O-])cc1C(=O)NCCCN(C)C. The lowest BCUT2D eigenvalue weighted by molar-refractivity contribution is -0.385. The minimum Gasteiger partial charge on any atom is -0.370 e. The number of carbonyl (C=O) groups excluding carboxylic acids is 1. The minimum absolute atomic E-state index is 0.191. The molecule has 1 amide bonds. The molecule has 0 atom stereocenters. The average molecular weight is 295 g/mol. The Morgan fingerprint density at radius 1 is 1.48 bits per heavy atom. The molecule has 0 radical (unpaired) electrons. The second kappa shape index (κ2) is 8.15. The molecule has 1 aromatic rings. The van der Waals surface area contributed by atoms with Crippen molar-refractivity contribution in [3.63, 3.8) is 0 Å². The summed E-state index contributed by atoms with van der Waals surface area (Å²) in [4.78, 5) is 28.3. The van der Waals surface area contributed by atoms with Crippen molar-refractivity contribution in [2.24, 2.45) is 0 Å². The van der Waals surface area contributed by atoms with Gasteiger partial charge in [0.2, 0.25) is 0 Å². The zero-order valence-electron chi connectivity index (χ0n) is 12.5. The summed E-state index contributed by atoms with van der Waals surface area (Å²) in [7, 11) is 3.91. The molecule has 116 valence electrons. The van der Waals surface area contributed by atoms with E-state index in [1.807, 2.05) is 25.9 Å². The summed E-state index contributed by atoms with van der Waals surface area (Å²) in [6.07, 6.45) is 1.94. The van der Waals surface area contributed by atoms with Crippen molar-refractivity contribution in [3.05, 3.63) is 27.9 Å². The van der Waals surface area contributed by atoms with Crippen LogP contribution < -0.4 is 10.6 Å². The van der Waals surface area contributed by atoms with E-state index in [9.17, 15) is 14.9 Å². The molecule has 0 bridgehead atoms. The summed E-state index contributed by atoms with van der Waals surface area (Å²) >= 11 is 0. The summed E-state index contributed by atoms with van der Waals surface area (Å²) in [6, 6.07) is 1.24. The number of anilines is 1. The van der Waals surface area contributed by atoms with Crippen LogP contribution in [0.3, 0.4) is 0 Å². The van der Waals surface area contributed by atoms with Crippen molar-refractivity contribution in [1.29, 1.82) is 0 Å². The van der Waals surface area contributed by atoms with E-state index in [4.69, 9.17) is 0 Å². The van der Waals surface area contributed by atoms with Crippen LogP contribution in [0.5, 0.6) is 0 Å². The Hall–Kier alpha value is -2.22. The molecular weight excluding hydrogens is 274 g/mol. The number of nitro groups is 1. The van der Waals surface area contributed by atoms with Gasteiger partial charge < -0.3 is 15.5 Å². The van der Waals surface area contributed by atoms with Gasteiger partial charge in [-0.3, -0.25) is 14.9 Å². The van der Waals surface area contributed by atoms with Crippen molar-refractivity contribution in [2.45, 2.75) is 13.3 Å². The molecule has 0 saturated heterocycles. The fourth-order valence-corrected chi connectivity index (χ4v) is 1.73. The first-order chi connectivity index (χ1) is 9.95. The number of hydrogen-bond donors (Lipinski definition) is 2. The smallest absolute Gasteiger partial charge is 0.288 e. The number of hydrogen-bond acceptors (Lipinski definition) is 6. The molecular formula is C13H21N5O3. The third-order valence-corrected chi connectivity index (χ3v) is 2.74. The Morgan fingerprint density at radius 3 is 2.76 bits per heavy atom. The predicted octanol–water partition coefficient (Wildman–Crippen LogP) is 1.10. The van der Waals surface area contributed by atoms with Crippen molar-refractivity contribution in [3.8, 4) is 0 Å². The summed E-state index contributed by atoms with van der Waals surface area (Å²) in [5, 5.41) is 16.5. The van der Waals surface area contributed by atoms with Gasteiger partial charge in [-0.15, -0.1) is 0 Å². The molecule has 2 N–H and O–H groups in total. The molecule has 1 rings (SSSR count). The third kappa shape index (κ3) is 5.35. The number of amides is 1. The summed E-state index contributed by atoms with van der Waals surface area (Å²) in [5.41, 5.74) is -0.00834. The molecule has 0 aliphatic heterocycles. The Bertz CT molecular complexity index is 505. The lowest BCUT2D eigenvalue weighted by Crippen LogP contribution is -2.28. The molecule has 0 unspecified atom stereocenters. The van der Waals surface area contributed by atoms with E-state index in [-0.39, 0.29) is 17.2 Å². The first-order valence-electron chi connectivity index (χ1n) is 6.77. The van der Waals surface area contributed by atoms with Crippen LogP contribution >= 0.6 is 0 Å². The molecule has 1 heterocycles. The summed E-state index contributed by atoms with van der Waals surface area (Å²) in [6.45, 7) is 3.80. The minimum atomic E-state index is -0.564. The van der Waals surface area contributed by atoms with Crippen LogP contribution in [0.2, 0.25) is 0 Å². The third-order valence-electron chi connectivity index (χ3n) is 2.74.